The number of likely N-dealkylation sites (N-methyl/N-ethyl adjacent to an activating group) is 1. The molecule has 1 aromatic carbocycles. The van der Waals surface area contributed by atoms with Gasteiger partial charge in [0.25, 0.3) is 0 Å². The van der Waals surface area contributed by atoms with Gasteiger partial charge in [-0.15, -0.1) is 0 Å². The third-order valence-corrected chi connectivity index (χ3v) is 5.75. The summed E-state index contributed by atoms with van der Waals surface area (Å²) in [7, 11) is 5.20. The topological polar surface area (TPSA) is 51.2 Å². The Morgan fingerprint density at radius 3 is 2.81 bits per heavy atom. The van der Waals surface area contributed by atoms with E-state index in [0.29, 0.717) is 6.61 Å². The molecule has 2 atom stereocenters. The monoisotopic (exact) mass is 376 g/mol. The van der Waals surface area contributed by atoms with Crippen molar-refractivity contribution in [2.45, 2.75) is 31.9 Å². The van der Waals surface area contributed by atoms with Crippen molar-refractivity contribution in [2.24, 2.45) is 5.41 Å². The Morgan fingerprint density at radius 2 is 2.11 bits per heavy atom. The van der Waals surface area contributed by atoms with Gasteiger partial charge in [0.15, 0.2) is 0 Å². The quantitative estimate of drug-likeness (QED) is 0.730. The average Bonchev–Trinajstić information content (AvgIpc) is 2.68. The lowest BCUT2D eigenvalue weighted by molar-refractivity contribution is -0.160. The predicted molar refractivity (Wildman–Crippen MR) is 104 cm³/mol. The highest BCUT2D eigenvalue weighted by atomic mass is 16.5. The van der Waals surface area contributed by atoms with Gasteiger partial charge in [0, 0.05) is 45.8 Å². The molecule has 0 radical (unpaired) electrons. The molecule has 1 amide bonds. The molecule has 0 unspecified atom stereocenters. The second-order valence-electron chi connectivity index (χ2n) is 7.95. The largest absolute Gasteiger partial charge is 0.497 e. The van der Waals surface area contributed by atoms with E-state index in [4.69, 9.17) is 14.2 Å². The van der Waals surface area contributed by atoms with Gasteiger partial charge in [-0.3, -0.25) is 9.69 Å². The van der Waals surface area contributed by atoms with E-state index >= 15 is 0 Å². The number of methoxy groups -OCH3 is 1. The Kier molecular flexibility index (Phi) is 6.73. The zero-order valence-electron chi connectivity index (χ0n) is 16.8. The lowest BCUT2D eigenvalue weighted by Gasteiger charge is -2.50. The third kappa shape index (κ3) is 5.00. The molecule has 150 valence electrons. The molecule has 3 rings (SSSR count). The summed E-state index contributed by atoms with van der Waals surface area (Å²) in [6.07, 6.45) is 3.39. The first-order valence-corrected chi connectivity index (χ1v) is 9.77. The normalized spacial score (nSPS) is 25.7. The van der Waals surface area contributed by atoms with Crippen molar-refractivity contribution in [1.82, 2.24) is 9.80 Å². The van der Waals surface area contributed by atoms with Crippen LogP contribution < -0.4 is 4.74 Å². The van der Waals surface area contributed by atoms with Crippen LogP contribution in [0.25, 0.3) is 0 Å². The van der Waals surface area contributed by atoms with Crippen molar-refractivity contribution < 1.29 is 19.0 Å². The highest BCUT2D eigenvalue weighted by Gasteiger charge is 2.46. The summed E-state index contributed by atoms with van der Waals surface area (Å²) in [6, 6.07) is 8.28. The summed E-state index contributed by atoms with van der Waals surface area (Å²) < 4.78 is 17.2. The number of ether oxygens (including phenoxy) is 3. The summed E-state index contributed by atoms with van der Waals surface area (Å²) >= 11 is 0. The van der Waals surface area contributed by atoms with Crippen molar-refractivity contribution in [3.63, 3.8) is 0 Å². The molecule has 2 aliphatic heterocycles. The van der Waals surface area contributed by atoms with Crippen LogP contribution in [0, 0.1) is 5.41 Å². The Balaban J connectivity index is 1.62. The Labute approximate surface area is 162 Å². The van der Waals surface area contributed by atoms with Crippen molar-refractivity contribution in [3.8, 4) is 5.75 Å². The number of carbonyl (C=O) groups excluding carboxylic acids is 1. The van der Waals surface area contributed by atoms with Gasteiger partial charge in [0.05, 0.1) is 19.8 Å². The molecule has 0 N–H and O–H groups in total. The number of rotatable bonds is 7. The van der Waals surface area contributed by atoms with E-state index in [1.807, 2.05) is 12.1 Å². The van der Waals surface area contributed by atoms with E-state index < -0.39 is 0 Å². The van der Waals surface area contributed by atoms with Gasteiger partial charge >= 0.3 is 0 Å². The molecule has 0 bridgehead atoms. The molecule has 0 spiro atoms. The first kappa shape index (κ1) is 20.1. The molecule has 2 fully saturated rings. The third-order valence-electron chi connectivity index (χ3n) is 5.75. The second-order valence-corrected chi connectivity index (χ2v) is 7.95. The zero-order valence-corrected chi connectivity index (χ0v) is 16.8. The zero-order chi connectivity index (χ0) is 19.3. The fourth-order valence-corrected chi connectivity index (χ4v) is 4.19. The maximum Gasteiger partial charge on any atom is 0.248 e. The number of nitrogens with zero attached hydrogens (tertiary/aromatic N) is 2. The van der Waals surface area contributed by atoms with Gasteiger partial charge in [-0.05, 0) is 37.0 Å². The van der Waals surface area contributed by atoms with E-state index in [0.717, 1.165) is 51.3 Å². The number of fused-ring (bicyclic) bond motifs is 1. The van der Waals surface area contributed by atoms with Crippen molar-refractivity contribution in [3.05, 3.63) is 29.8 Å². The van der Waals surface area contributed by atoms with E-state index in [1.165, 1.54) is 5.56 Å². The molecule has 0 aliphatic carbocycles. The van der Waals surface area contributed by atoms with E-state index in [9.17, 15) is 4.79 Å². The fraction of sp³-hybridized carbons (Fsp3) is 0.667. The van der Waals surface area contributed by atoms with Crippen LogP contribution in [-0.4, -0.2) is 75.9 Å². The van der Waals surface area contributed by atoms with E-state index in [1.54, 1.807) is 26.1 Å². The summed E-state index contributed by atoms with van der Waals surface area (Å²) in [6.45, 7) is 4.43. The molecule has 6 heteroatoms. The molecular formula is C21H32N2O4. The number of carbonyl (C=O) groups is 1. The van der Waals surface area contributed by atoms with Crippen LogP contribution in [0.1, 0.15) is 24.8 Å². The average molecular weight is 376 g/mol. The molecule has 2 aliphatic rings. The van der Waals surface area contributed by atoms with Gasteiger partial charge in [-0.2, -0.15) is 0 Å². The number of hydrogen-bond acceptors (Lipinski definition) is 5. The summed E-state index contributed by atoms with van der Waals surface area (Å²) in [5.74, 6) is 0.888. The molecule has 2 saturated heterocycles. The standard InChI is InChI=1S/C21H32N2O4/c1-22(2)20(24)14-26-16-21-10-4-12-27-19(21)9-11-23(15-21)13-17-5-7-18(25-3)8-6-17/h5-8,19H,4,9-16H2,1-3H3/t19-,21+/m0/s1. The minimum Gasteiger partial charge on any atom is -0.497 e. The van der Waals surface area contributed by atoms with Crippen LogP contribution in [0.5, 0.6) is 5.75 Å². The maximum absolute atomic E-state index is 11.8. The molecule has 27 heavy (non-hydrogen) atoms. The van der Waals surface area contributed by atoms with Crippen LogP contribution in [0.2, 0.25) is 0 Å². The highest BCUT2D eigenvalue weighted by molar-refractivity contribution is 5.76. The molecular weight excluding hydrogens is 344 g/mol. The summed E-state index contributed by atoms with van der Waals surface area (Å²) in [5.41, 5.74) is 1.26. The molecule has 2 heterocycles. The van der Waals surface area contributed by atoms with Gasteiger partial charge in [0.2, 0.25) is 5.91 Å². The Hall–Kier alpha value is -1.63. The van der Waals surface area contributed by atoms with Crippen LogP contribution in [0.3, 0.4) is 0 Å². The lowest BCUT2D eigenvalue weighted by Crippen LogP contribution is -2.56. The second kappa shape index (κ2) is 9.04. The van der Waals surface area contributed by atoms with Crippen molar-refractivity contribution in [1.29, 1.82) is 0 Å². The highest BCUT2D eigenvalue weighted by Crippen LogP contribution is 2.40. The van der Waals surface area contributed by atoms with Gasteiger partial charge in [0.1, 0.15) is 12.4 Å². The lowest BCUT2D eigenvalue weighted by atomic mass is 9.73. The van der Waals surface area contributed by atoms with E-state index in [-0.39, 0.29) is 24.0 Å². The van der Waals surface area contributed by atoms with Crippen LogP contribution >= 0.6 is 0 Å². The summed E-state index contributed by atoms with van der Waals surface area (Å²) in [5, 5.41) is 0. The van der Waals surface area contributed by atoms with Gasteiger partial charge in [-0.25, -0.2) is 0 Å². The first-order chi connectivity index (χ1) is 13.0. The maximum atomic E-state index is 11.8. The SMILES string of the molecule is COc1ccc(CN2CC[C@@H]3OCCC[C@]3(COCC(=O)N(C)C)C2)cc1. The molecule has 6 nitrogen and oxygen atoms in total. The summed E-state index contributed by atoms with van der Waals surface area (Å²) in [4.78, 5) is 15.9. The number of likely N-dealkylation sites (tertiary alicyclic amines) is 1. The smallest absolute Gasteiger partial charge is 0.248 e. The van der Waals surface area contributed by atoms with Crippen LogP contribution in [0.15, 0.2) is 24.3 Å². The Morgan fingerprint density at radius 1 is 1.33 bits per heavy atom. The van der Waals surface area contributed by atoms with Crippen molar-refractivity contribution in [2.75, 3.05) is 54.1 Å². The number of amides is 1. The first-order valence-electron chi connectivity index (χ1n) is 9.77. The van der Waals surface area contributed by atoms with Gasteiger partial charge < -0.3 is 19.1 Å². The fourth-order valence-electron chi connectivity index (χ4n) is 4.19. The van der Waals surface area contributed by atoms with E-state index in [2.05, 4.69) is 17.0 Å². The van der Waals surface area contributed by atoms with Crippen molar-refractivity contribution >= 4 is 5.91 Å². The number of piperidine rings is 1. The number of benzene rings is 1. The Bertz CT molecular complexity index is 619. The predicted octanol–water partition coefficient (Wildman–Crippen LogP) is 2.17. The van der Waals surface area contributed by atoms with Crippen LogP contribution in [-0.2, 0) is 20.8 Å². The van der Waals surface area contributed by atoms with Crippen LogP contribution in [0.4, 0.5) is 0 Å². The molecule has 1 aromatic rings. The minimum absolute atomic E-state index is 0.00516. The molecule has 0 aromatic heterocycles. The number of hydrogen-bond donors (Lipinski definition) is 0. The van der Waals surface area contributed by atoms with Gasteiger partial charge in [-0.1, -0.05) is 12.1 Å². The molecule has 0 saturated carbocycles. The minimum atomic E-state index is -0.0183.